The van der Waals surface area contributed by atoms with Crippen LogP contribution >= 0.6 is 0 Å². The van der Waals surface area contributed by atoms with Gasteiger partial charge in [0.15, 0.2) is 5.82 Å². The Morgan fingerprint density at radius 1 is 1.40 bits per heavy atom. The Morgan fingerprint density at radius 3 is 2.80 bits per heavy atom. The average molecular weight is 275 g/mol. The zero-order chi connectivity index (χ0) is 14.1. The molecule has 104 valence electrons. The maximum atomic E-state index is 12.9. The van der Waals surface area contributed by atoms with Crippen LogP contribution in [0.25, 0.3) is 0 Å². The number of hydrogen-bond donors (Lipinski definition) is 0. The van der Waals surface area contributed by atoms with Gasteiger partial charge in [0.05, 0.1) is 5.92 Å². The topological polar surface area (TPSA) is 59.2 Å². The van der Waals surface area contributed by atoms with Gasteiger partial charge >= 0.3 is 0 Å². The Balaban J connectivity index is 1.79. The van der Waals surface area contributed by atoms with E-state index in [4.69, 9.17) is 4.52 Å². The summed E-state index contributed by atoms with van der Waals surface area (Å²) >= 11 is 0. The van der Waals surface area contributed by atoms with Crippen molar-refractivity contribution >= 4 is 11.6 Å². The molecule has 0 radical (unpaired) electrons. The van der Waals surface area contributed by atoms with Crippen LogP contribution in [0, 0.1) is 5.82 Å². The number of halogens is 1. The average Bonchev–Trinajstić information content (AvgIpc) is 3.06. The monoisotopic (exact) mass is 275 g/mol. The highest BCUT2D eigenvalue weighted by Crippen LogP contribution is 2.30. The summed E-state index contributed by atoms with van der Waals surface area (Å²) in [5, 5.41) is 3.85. The molecule has 0 spiro atoms. The van der Waals surface area contributed by atoms with Crippen molar-refractivity contribution < 1.29 is 13.7 Å². The first-order chi connectivity index (χ1) is 9.67. The zero-order valence-corrected chi connectivity index (χ0v) is 11.0. The molecule has 1 fully saturated rings. The molecule has 5 nitrogen and oxygen atoms in total. The van der Waals surface area contributed by atoms with Gasteiger partial charge in [-0.2, -0.15) is 4.98 Å². The highest BCUT2D eigenvalue weighted by Gasteiger charge is 2.34. The van der Waals surface area contributed by atoms with E-state index in [2.05, 4.69) is 10.1 Å². The maximum Gasteiger partial charge on any atom is 0.232 e. The second-order valence-electron chi connectivity index (χ2n) is 4.78. The van der Waals surface area contributed by atoms with Gasteiger partial charge in [-0.1, -0.05) is 12.1 Å². The van der Waals surface area contributed by atoms with Crippen molar-refractivity contribution in [3.8, 4) is 0 Å². The SMILES string of the molecule is CCc1noc([C@H]2CC(=O)N(c3ccc(F)cc3)C2)n1. The van der Waals surface area contributed by atoms with Gasteiger partial charge in [0.1, 0.15) is 5.82 Å². The summed E-state index contributed by atoms with van der Waals surface area (Å²) in [4.78, 5) is 18.0. The van der Waals surface area contributed by atoms with Gasteiger partial charge in [-0.25, -0.2) is 4.39 Å². The first-order valence-electron chi connectivity index (χ1n) is 6.55. The number of aromatic nitrogens is 2. The lowest BCUT2D eigenvalue weighted by molar-refractivity contribution is -0.117. The van der Waals surface area contributed by atoms with E-state index in [0.29, 0.717) is 36.8 Å². The number of benzene rings is 1. The van der Waals surface area contributed by atoms with Crippen LogP contribution in [-0.4, -0.2) is 22.6 Å². The molecule has 1 aromatic carbocycles. The number of hydrogen-bond acceptors (Lipinski definition) is 4. The van der Waals surface area contributed by atoms with E-state index < -0.39 is 0 Å². The van der Waals surface area contributed by atoms with Crippen molar-refractivity contribution in [2.45, 2.75) is 25.7 Å². The number of nitrogens with zero attached hydrogens (tertiary/aromatic N) is 3. The number of anilines is 1. The molecule has 1 aliphatic rings. The molecular formula is C14H14FN3O2. The highest BCUT2D eigenvalue weighted by atomic mass is 19.1. The van der Waals surface area contributed by atoms with E-state index in [9.17, 15) is 9.18 Å². The minimum atomic E-state index is -0.318. The number of amides is 1. The van der Waals surface area contributed by atoms with Crippen molar-refractivity contribution in [2.24, 2.45) is 0 Å². The van der Waals surface area contributed by atoms with Crippen LogP contribution < -0.4 is 4.90 Å². The fourth-order valence-corrected chi connectivity index (χ4v) is 2.32. The fourth-order valence-electron chi connectivity index (χ4n) is 2.32. The molecule has 1 atom stereocenters. The van der Waals surface area contributed by atoms with Crippen molar-refractivity contribution in [3.63, 3.8) is 0 Å². The fraction of sp³-hybridized carbons (Fsp3) is 0.357. The maximum absolute atomic E-state index is 12.9. The standard InChI is InChI=1S/C14H14FN3O2/c1-2-12-16-14(20-17-12)9-7-13(19)18(8-9)11-5-3-10(15)4-6-11/h3-6,9H,2,7-8H2,1H3/t9-/m0/s1. The van der Waals surface area contributed by atoms with E-state index in [1.165, 1.54) is 12.1 Å². The van der Waals surface area contributed by atoms with E-state index in [1.54, 1.807) is 17.0 Å². The normalized spacial score (nSPS) is 18.8. The molecule has 1 aromatic heterocycles. The molecule has 2 heterocycles. The number of carbonyl (C=O) groups is 1. The highest BCUT2D eigenvalue weighted by molar-refractivity contribution is 5.96. The smallest absolute Gasteiger partial charge is 0.232 e. The number of rotatable bonds is 3. The Bertz CT molecular complexity index is 624. The van der Waals surface area contributed by atoms with E-state index >= 15 is 0 Å². The van der Waals surface area contributed by atoms with Crippen molar-refractivity contribution in [1.29, 1.82) is 0 Å². The largest absolute Gasteiger partial charge is 0.339 e. The van der Waals surface area contributed by atoms with Crippen LogP contribution in [0.4, 0.5) is 10.1 Å². The lowest BCUT2D eigenvalue weighted by atomic mass is 10.1. The molecule has 0 aliphatic carbocycles. The molecule has 1 saturated heterocycles. The first kappa shape index (κ1) is 12.8. The Morgan fingerprint density at radius 2 is 2.15 bits per heavy atom. The van der Waals surface area contributed by atoms with Gasteiger partial charge in [0, 0.05) is 25.1 Å². The van der Waals surface area contributed by atoms with Gasteiger partial charge in [-0.05, 0) is 24.3 Å². The molecule has 1 amide bonds. The molecular weight excluding hydrogens is 261 g/mol. The van der Waals surface area contributed by atoms with Crippen LogP contribution in [0.15, 0.2) is 28.8 Å². The lowest BCUT2D eigenvalue weighted by Gasteiger charge is -2.15. The predicted molar refractivity (Wildman–Crippen MR) is 69.8 cm³/mol. The summed E-state index contributed by atoms with van der Waals surface area (Å²) < 4.78 is 18.1. The Hall–Kier alpha value is -2.24. The van der Waals surface area contributed by atoms with Gasteiger partial charge in [0.2, 0.25) is 11.8 Å². The third-order valence-corrected chi connectivity index (χ3v) is 3.41. The summed E-state index contributed by atoms with van der Waals surface area (Å²) in [7, 11) is 0. The molecule has 0 unspecified atom stereocenters. The van der Waals surface area contributed by atoms with Crippen molar-refractivity contribution in [1.82, 2.24) is 10.1 Å². The number of aryl methyl sites for hydroxylation is 1. The van der Waals surface area contributed by atoms with Crippen molar-refractivity contribution in [2.75, 3.05) is 11.4 Å². The molecule has 0 bridgehead atoms. The third kappa shape index (κ3) is 2.29. The number of carbonyl (C=O) groups excluding carboxylic acids is 1. The third-order valence-electron chi connectivity index (χ3n) is 3.41. The van der Waals surface area contributed by atoms with Crippen molar-refractivity contribution in [3.05, 3.63) is 41.8 Å². The zero-order valence-electron chi connectivity index (χ0n) is 11.0. The molecule has 2 aromatic rings. The van der Waals surface area contributed by atoms with E-state index in [-0.39, 0.29) is 17.6 Å². The van der Waals surface area contributed by atoms with Crippen LogP contribution in [0.1, 0.15) is 31.0 Å². The minimum Gasteiger partial charge on any atom is -0.339 e. The molecule has 20 heavy (non-hydrogen) atoms. The molecule has 6 heteroatoms. The summed E-state index contributed by atoms with van der Waals surface area (Å²) in [6.45, 7) is 2.43. The van der Waals surface area contributed by atoms with Crippen LogP contribution in [-0.2, 0) is 11.2 Å². The summed E-state index contributed by atoms with van der Waals surface area (Å²) in [5.74, 6) is 0.715. The Kier molecular flexibility index (Phi) is 3.22. The van der Waals surface area contributed by atoms with Crippen LogP contribution in [0.5, 0.6) is 0 Å². The quantitative estimate of drug-likeness (QED) is 0.862. The van der Waals surface area contributed by atoms with Gasteiger partial charge < -0.3 is 9.42 Å². The van der Waals surface area contributed by atoms with Crippen LogP contribution in [0.2, 0.25) is 0 Å². The molecule has 1 aliphatic heterocycles. The molecule has 3 rings (SSSR count). The second kappa shape index (κ2) is 5.03. The summed E-state index contributed by atoms with van der Waals surface area (Å²) in [6.07, 6.45) is 1.04. The lowest BCUT2D eigenvalue weighted by Crippen LogP contribution is -2.24. The summed E-state index contributed by atoms with van der Waals surface area (Å²) in [5.41, 5.74) is 0.689. The van der Waals surface area contributed by atoms with Gasteiger partial charge in [-0.3, -0.25) is 4.79 Å². The predicted octanol–water partition coefficient (Wildman–Crippen LogP) is 2.29. The van der Waals surface area contributed by atoms with Gasteiger partial charge in [0.25, 0.3) is 0 Å². The molecule has 0 saturated carbocycles. The van der Waals surface area contributed by atoms with E-state index in [1.807, 2.05) is 6.92 Å². The minimum absolute atomic E-state index is 0.0159. The van der Waals surface area contributed by atoms with Crippen LogP contribution in [0.3, 0.4) is 0 Å². The first-order valence-corrected chi connectivity index (χ1v) is 6.55. The van der Waals surface area contributed by atoms with E-state index in [0.717, 1.165) is 0 Å². The Labute approximate surface area is 115 Å². The van der Waals surface area contributed by atoms with Gasteiger partial charge in [-0.15, -0.1) is 0 Å². The second-order valence-corrected chi connectivity index (χ2v) is 4.78. The molecule has 0 N–H and O–H groups in total. The summed E-state index contributed by atoms with van der Waals surface area (Å²) in [6, 6.07) is 5.89.